The van der Waals surface area contributed by atoms with E-state index in [1.54, 1.807) is 4.90 Å². The highest BCUT2D eigenvalue weighted by molar-refractivity contribution is 5.99. The molecule has 1 aromatic rings. The van der Waals surface area contributed by atoms with Gasteiger partial charge in [-0.25, -0.2) is 0 Å². The molecule has 3 saturated heterocycles. The van der Waals surface area contributed by atoms with Gasteiger partial charge in [-0.15, -0.1) is 0 Å². The summed E-state index contributed by atoms with van der Waals surface area (Å²) in [5.41, 5.74) is 1.50. The SMILES string of the molecule is O=C(c1cccc(N2CCCC2=O)c1)N1C[C@H]2C[C@@H](N3CCCC3)[C@H](O)C[C@H]2C1. The van der Waals surface area contributed by atoms with Gasteiger partial charge in [-0.3, -0.25) is 14.5 Å². The molecule has 0 spiro atoms. The maximum Gasteiger partial charge on any atom is 0.253 e. The number of carbonyl (C=O) groups is 2. The van der Waals surface area contributed by atoms with Gasteiger partial charge in [0.2, 0.25) is 5.91 Å². The number of aliphatic hydroxyl groups excluding tert-OH is 1. The molecule has 5 rings (SSSR count). The van der Waals surface area contributed by atoms with Crippen molar-refractivity contribution in [2.75, 3.05) is 37.6 Å². The molecule has 4 aliphatic rings. The average molecular weight is 398 g/mol. The highest BCUT2D eigenvalue weighted by Crippen LogP contribution is 2.39. The van der Waals surface area contributed by atoms with Gasteiger partial charge >= 0.3 is 0 Å². The lowest BCUT2D eigenvalue weighted by atomic mass is 9.77. The van der Waals surface area contributed by atoms with Crippen LogP contribution >= 0.6 is 0 Å². The van der Waals surface area contributed by atoms with E-state index in [9.17, 15) is 14.7 Å². The van der Waals surface area contributed by atoms with Crippen molar-refractivity contribution < 1.29 is 14.7 Å². The summed E-state index contributed by atoms with van der Waals surface area (Å²) in [5, 5.41) is 10.7. The van der Waals surface area contributed by atoms with Crippen LogP contribution in [0.25, 0.3) is 0 Å². The normalized spacial score (nSPS) is 32.8. The van der Waals surface area contributed by atoms with Crippen LogP contribution in [-0.4, -0.2) is 71.6 Å². The zero-order chi connectivity index (χ0) is 20.0. The minimum atomic E-state index is -0.270. The Morgan fingerprint density at radius 1 is 1.00 bits per heavy atom. The molecule has 3 heterocycles. The minimum Gasteiger partial charge on any atom is -0.391 e. The van der Waals surface area contributed by atoms with Crippen LogP contribution in [0.15, 0.2) is 24.3 Å². The summed E-state index contributed by atoms with van der Waals surface area (Å²) in [7, 11) is 0. The molecule has 3 aliphatic heterocycles. The number of carbonyl (C=O) groups excluding carboxylic acids is 2. The molecule has 0 aromatic heterocycles. The molecule has 4 atom stereocenters. The van der Waals surface area contributed by atoms with Gasteiger partial charge < -0.3 is 14.9 Å². The summed E-state index contributed by atoms with van der Waals surface area (Å²) < 4.78 is 0. The molecule has 6 nitrogen and oxygen atoms in total. The topological polar surface area (TPSA) is 64.1 Å². The van der Waals surface area contributed by atoms with Gasteiger partial charge in [-0.05, 0) is 75.2 Å². The number of likely N-dealkylation sites (tertiary alicyclic amines) is 2. The van der Waals surface area contributed by atoms with E-state index in [0.29, 0.717) is 23.8 Å². The van der Waals surface area contributed by atoms with Crippen LogP contribution in [0.4, 0.5) is 5.69 Å². The second-order valence-electron chi connectivity index (χ2n) is 9.28. The number of fused-ring (bicyclic) bond motifs is 1. The van der Waals surface area contributed by atoms with Crippen LogP contribution in [0.5, 0.6) is 0 Å². The molecule has 4 fully saturated rings. The first-order valence-electron chi connectivity index (χ1n) is 11.2. The van der Waals surface area contributed by atoms with Gasteiger partial charge in [-0.2, -0.15) is 0 Å². The number of hydrogen-bond donors (Lipinski definition) is 1. The maximum atomic E-state index is 13.2. The van der Waals surface area contributed by atoms with Crippen molar-refractivity contribution in [1.29, 1.82) is 0 Å². The van der Waals surface area contributed by atoms with Gasteiger partial charge in [0.25, 0.3) is 5.91 Å². The standard InChI is InChI=1S/C23H31N3O3/c27-21-13-18-15-25(14-17(18)12-20(21)24-8-1-2-9-24)23(29)16-5-3-6-19(11-16)26-10-4-7-22(26)28/h3,5-6,11,17-18,20-21,27H,1-2,4,7-10,12-15H2/t17-,18+,20-,21-/m1/s1. The van der Waals surface area contributed by atoms with E-state index in [0.717, 1.165) is 57.7 Å². The van der Waals surface area contributed by atoms with E-state index in [4.69, 9.17) is 0 Å². The molecule has 0 unspecified atom stereocenters. The van der Waals surface area contributed by atoms with E-state index in [-0.39, 0.29) is 24.0 Å². The number of nitrogens with zero attached hydrogens (tertiary/aromatic N) is 3. The Hall–Kier alpha value is -1.92. The molecule has 1 aromatic carbocycles. The third-order valence-electron chi connectivity index (χ3n) is 7.48. The summed E-state index contributed by atoms with van der Waals surface area (Å²) in [6.07, 6.45) is 5.47. The molecule has 1 saturated carbocycles. The van der Waals surface area contributed by atoms with Crippen molar-refractivity contribution in [3.63, 3.8) is 0 Å². The van der Waals surface area contributed by atoms with Crippen molar-refractivity contribution in [2.45, 2.75) is 50.7 Å². The number of anilines is 1. The first-order chi connectivity index (χ1) is 14.1. The zero-order valence-corrected chi connectivity index (χ0v) is 17.0. The van der Waals surface area contributed by atoms with E-state index in [1.165, 1.54) is 12.8 Å². The Labute approximate surface area is 172 Å². The van der Waals surface area contributed by atoms with Crippen LogP contribution in [-0.2, 0) is 4.79 Å². The molecule has 6 heteroatoms. The van der Waals surface area contributed by atoms with Crippen LogP contribution in [0.1, 0.15) is 48.9 Å². The number of rotatable bonds is 3. The number of amides is 2. The number of hydrogen-bond acceptors (Lipinski definition) is 4. The Balaban J connectivity index is 1.28. The lowest BCUT2D eigenvalue weighted by Gasteiger charge is -2.40. The molecule has 0 radical (unpaired) electrons. The number of aliphatic hydroxyl groups is 1. The van der Waals surface area contributed by atoms with Gasteiger partial charge in [0.1, 0.15) is 0 Å². The lowest BCUT2D eigenvalue weighted by molar-refractivity contribution is -0.117. The Bertz CT molecular complexity index is 791. The fraction of sp³-hybridized carbons (Fsp3) is 0.652. The largest absolute Gasteiger partial charge is 0.391 e. The predicted molar refractivity (Wildman–Crippen MR) is 111 cm³/mol. The van der Waals surface area contributed by atoms with Crippen molar-refractivity contribution in [1.82, 2.24) is 9.80 Å². The molecule has 1 aliphatic carbocycles. The predicted octanol–water partition coefficient (Wildman–Crippen LogP) is 2.12. The van der Waals surface area contributed by atoms with Gasteiger partial charge in [0.15, 0.2) is 0 Å². The second-order valence-corrected chi connectivity index (χ2v) is 9.28. The van der Waals surface area contributed by atoms with Crippen LogP contribution in [0.3, 0.4) is 0 Å². The van der Waals surface area contributed by atoms with Crippen LogP contribution < -0.4 is 4.90 Å². The van der Waals surface area contributed by atoms with Crippen molar-refractivity contribution in [3.05, 3.63) is 29.8 Å². The van der Waals surface area contributed by atoms with E-state index in [1.807, 2.05) is 29.2 Å². The van der Waals surface area contributed by atoms with E-state index >= 15 is 0 Å². The molecule has 1 N–H and O–H groups in total. The summed E-state index contributed by atoms with van der Waals surface area (Å²) in [6, 6.07) is 7.79. The summed E-state index contributed by atoms with van der Waals surface area (Å²) in [6.45, 7) is 4.46. The molecule has 156 valence electrons. The summed E-state index contributed by atoms with van der Waals surface area (Å²) >= 11 is 0. The maximum absolute atomic E-state index is 13.2. The smallest absolute Gasteiger partial charge is 0.253 e. The molecular weight excluding hydrogens is 366 g/mol. The second kappa shape index (κ2) is 7.73. The van der Waals surface area contributed by atoms with Gasteiger partial charge in [0, 0.05) is 43.3 Å². The quantitative estimate of drug-likeness (QED) is 0.849. The van der Waals surface area contributed by atoms with Crippen LogP contribution in [0, 0.1) is 11.8 Å². The first kappa shape index (κ1) is 19.1. The average Bonchev–Trinajstić information content (AvgIpc) is 3.47. The monoisotopic (exact) mass is 397 g/mol. The molecular formula is C23H31N3O3. The summed E-state index contributed by atoms with van der Waals surface area (Å²) in [5.74, 6) is 1.08. The van der Waals surface area contributed by atoms with Gasteiger partial charge in [-0.1, -0.05) is 6.07 Å². The Kier molecular flexibility index (Phi) is 5.08. The van der Waals surface area contributed by atoms with Crippen LogP contribution in [0.2, 0.25) is 0 Å². The van der Waals surface area contributed by atoms with E-state index < -0.39 is 0 Å². The third-order valence-corrected chi connectivity index (χ3v) is 7.48. The highest BCUT2D eigenvalue weighted by Gasteiger charge is 2.45. The van der Waals surface area contributed by atoms with Crippen molar-refractivity contribution in [2.24, 2.45) is 11.8 Å². The third kappa shape index (κ3) is 3.57. The van der Waals surface area contributed by atoms with Gasteiger partial charge in [0.05, 0.1) is 6.10 Å². The lowest BCUT2D eigenvalue weighted by Crippen LogP contribution is -2.48. The fourth-order valence-corrected chi connectivity index (χ4v) is 5.95. The summed E-state index contributed by atoms with van der Waals surface area (Å²) in [4.78, 5) is 31.5. The van der Waals surface area contributed by atoms with Crippen molar-refractivity contribution >= 4 is 17.5 Å². The minimum absolute atomic E-state index is 0.0557. The highest BCUT2D eigenvalue weighted by atomic mass is 16.3. The molecule has 2 amide bonds. The molecule has 0 bridgehead atoms. The van der Waals surface area contributed by atoms with E-state index in [2.05, 4.69) is 4.90 Å². The number of benzene rings is 1. The fourth-order valence-electron chi connectivity index (χ4n) is 5.95. The Morgan fingerprint density at radius 2 is 1.76 bits per heavy atom. The Morgan fingerprint density at radius 3 is 2.48 bits per heavy atom. The first-order valence-corrected chi connectivity index (χ1v) is 11.2. The molecule has 29 heavy (non-hydrogen) atoms. The van der Waals surface area contributed by atoms with Crippen molar-refractivity contribution in [3.8, 4) is 0 Å². The zero-order valence-electron chi connectivity index (χ0n) is 17.0.